The third-order valence-corrected chi connectivity index (χ3v) is 9.09. The van der Waals surface area contributed by atoms with Crippen LogP contribution in [0.25, 0.3) is 6.08 Å². The third kappa shape index (κ3) is 6.14. The minimum atomic E-state index is -0.646. The number of carbonyl (C=O) groups excluding carboxylic acids is 1. The number of halogens is 3. The van der Waals surface area contributed by atoms with Crippen LogP contribution in [0.15, 0.2) is 90.7 Å². The number of nitrogens with zero attached hydrogens (tertiary/aromatic N) is 2. The number of carbonyl (C=O) groups is 1. The minimum absolute atomic E-state index is 0.225. The second-order valence-corrected chi connectivity index (χ2v) is 12.5. The molecule has 4 aromatic rings. The first kappa shape index (κ1) is 29.5. The van der Waals surface area contributed by atoms with E-state index in [1.54, 1.807) is 18.4 Å². The van der Waals surface area contributed by atoms with Gasteiger partial charge >= 0.3 is 5.97 Å². The van der Waals surface area contributed by atoms with Crippen molar-refractivity contribution in [1.29, 1.82) is 0 Å². The molecule has 0 radical (unpaired) electrons. The molecule has 0 saturated carbocycles. The lowest BCUT2D eigenvalue weighted by Gasteiger charge is -2.24. The topological polar surface area (TPSA) is 69.9 Å². The quantitative estimate of drug-likeness (QED) is 0.196. The van der Waals surface area contributed by atoms with Crippen LogP contribution >= 0.6 is 54.8 Å². The highest BCUT2D eigenvalue weighted by atomic mass is 79.9. The van der Waals surface area contributed by atoms with Crippen LogP contribution in [0.1, 0.15) is 42.1 Å². The Balaban J connectivity index is 1.56. The van der Waals surface area contributed by atoms with Gasteiger partial charge in [-0.1, -0.05) is 71.0 Å². The van der Waals surface area contributed by atoms with Crippen molar-refractivity contribution in [2.75, 3.05) is 6.61 Å². The first-order valence-corrected chi connectivity index (χ1v) is 15.6. The van der Waals surface area contributed by atoms with Gasteiger partial charge in [0.2, 0.25) is 0 Å². The molecule has 1 aliphatic heterocycles. The largest absolute Gasteiger partial charge is 0.486 e. The van der Waals surface area contributed by atoms with E-state index in [-0.39, 0.29) is 12.2 Å². The average molecular weight is 717 g/mol. The van der Waals surface area contributed by atoms with E-state index in [0.717, 1.165) is 31.2 Å². The Morgan fingerprint density at radius 3 is 2.44 bits per heavy atom. The maximum absolute atomic E-state index is 13.9. The van der Waals surface area contributed by atoms with E-state index >= 15 is 0 Å². The van der Waals surface area contributed by atoms with E-state index in [1.807, 2.05) is 73.7 Å². The summed E-state index contributed by atoms with van der Waals surface area (Å²) in [5.74, 6) is 0.145. The molecule has 0 amide bonds. The summed E-state index contributed by atoms with van der Waals surface area (Å²) in [5, 5.41) is 0.636. The summed E-state index contributed by atoms with van der Waals surface area (Å²) in [6, 6.07) is 18.5. The maximum Gasteiger partial charge on any atom is 0.338 e. The van der Waals surface area contributed by atoms with Crippen LogP contribution in [0.4, 0.5) is 0 Å². The molecule has 2 heterocycles. The van der Waals surface area contributed by atoms with Gasteiger partial charge < -0.3 is 9.47 Å². The monoisotopic (exact) mass is 714 g/mol. The van der Waals surface area contributed by atoms with Crippen molar-refractivity contribution in [2.24, 2.45) is 4.99 Å². The Labute approximate surface area is 262 Å². The number of aromatic nitrogens is 1. The van der Waals surface area contributed by atoms with Crippen molar-refractivity contribution < 1.29 is 14.3 Å². The molecule has 1 aromatic heterocycles. The van der Waals surface area contributed by atoms with Crippen molar-refractivity contribution >= 4 is 66.8 Å². The fraction of sp³-hybridized carbons (Fsp3) is 0.194. The SMILES string of the molecule is CCOC(=O)C1=C(C)N=c2s/c(=C/c3cc(Br)c(OCc4ccccc4Cl)c(Br)c3)c(=O)n2[C@@H]1c1ccc(C)cc1. The van der Waals surface area contributed by atoms with Gasteiger partial charge in [-0.3, -0.25) is 9.36 Å². The molecule has 0 fully saturated rings. The Hall–Kier alpha value is -2.98. The molecule has 1 atom stereocenters. The lowest BCUT2D eigenvalue weighted by atomic mass is 9.95. The van der Waals surface area contributed by atoms with Crippen molar-refractivity contribution in [3.8, 4) is 5.75 Å². The lowest BCUT2D eigenvalue weighted by molar-refractivity contribution is -0.139. The van der Waals surface area contributed by atoms with Gasteiger partial charge in [0.15, 0.2) is 4.80 Å². The molecular weight excluding hydrogens is 692 g/mol. The van der Waals surface area contributed by atoms with Gasteiger partial charge in [0, 0.05) is 10.6 Å². The van der Waals surface area contributed by atoms with E-state index < -0.39 is 12.0 Å². The molecule has 0 unspecified atom stereocenters. The number of benzene rings is 3. The van der Waals surface area contributed by atoms with Crippen LogP contribution in [-0.4, -0.2) is 17.1 Å². The summed E-state index contributed by atoms with van der Waals surface area (Å²) in [7, 11) is 0. The van der Waals surface area contributed by atoms with E-state index in [2.05, 4.69) is 36.9 Å². The Bertz CT molecular complexity index is 1840. The number of hydrogen-bond donors (Lipinski definition) is 0. The van der Waals surface area contributed by atoms with Gasteiger partial charge in [-0.15, -0.1) is 0 Å². The summed E-state index contributed by atoms with van der Waals surface area (Å²) >= 11 is 14.8. The number of thiazole rings is 1. The second-order valence-electron chi connectivity index (χ2n) is 9.41. The van der Waals surface area contributed by atoms with Crippen LogP contribution in [0.5, 0.6) is 5.75 Å². The zero-order valence-electron chi connectivity index (χ0n) is 22.4. The summed E-state index contributed by atoms with van der Waals surface area (Å²) in [5.41, 5.74) is 4.21. The van der Waals surface area contributed by atoms with Gasteiger partial charge in [0.05, 0.1) is 37.4 Å². The highest BCUT2D eigenvalue weighted by molar-refractivity contribution is 9.11. The average Bonchev–Trinajstić information content (AvgIpc) is 3.23. The first-order valence-electron chi connectivity index (χ1n) is 12.8. The van der Waals surface area contributed by atoms with Gasteiger partial charge in [-0.2, -0.15) is 0 Å². The molecule has 0 N–H and O–H groups in total. The molecule has 1 aliphatic rings. The Kier molecular flexibility index (Phi) is 8.99. The molecule has 5 rings (SSSR count). The standard InChI is InChI=1S/C31H25Br2ClN2O4S/c1-4-39-30(38)26-18(3)35-31-36(27(26)20-11-9-17(2)10-12-20)29(37)25(41-31)15-19-13-22(32)28(23(33)14-19)40-16-21-7-5-6-8-24(21)34/h5-15,27H,4,16H2,1-3H3/b25-15+/t27-/m1/s1. The first-order chi connectivity index (χ1) is 19.7. The molecule has 3 aromatic carbocycles. The zero-order chi connectivity index (χ0) is 29.3. The highest BCUT2D eigenvalue weighted by Crippen LogP contribution is 2.36. The van der Waals surface area contributed by atoms with E-state index in [1.165, 1.54) is 11.3 Å². The minimum Gasteiger partial charge on any atom is -0.486 e. The van der Waals surface area contributed by atoms with Gasteiger partial charge in [0.25, 0.3) is 5.56 Å². The van der Waals surface area contributed by atoms with Crippen LogP contribution in [0.3, 0.4) is 0 Å². The van der Waals surface area contributed by atoms with Crippen LogP contribution in [-0.2, 0) is 16.1 Å². The smallest absolute Gasteiger partial charge is 0.338 e. The number of esters is 1. The summed E-state index contributed by atoms with van der Waals surface area (Å²) in [4.78, 5) is 32.1. The van der Waals surface area contributed by atoms with Gasteiger partial charge in [0.1, 0.15) is 12.4 Å². The number of hydrogen-bond acceptors (Lipinski definition) is 6. The third-order valence-electron chi connectivity index (χ3n) is 6.56. The van der Waals surface area contributed by atoms with Crippen LogP contribution in [0.2, 0.25) is 5.02 Å². The Morgan fingerprint density at radius 2 is 1.78 bits per heavy atom. The zero-order valence-corrected chi connectivity index (χ0v) is 27.2. The molecule has 0 saturated heterocycles. The molecule has 41 heavy (non-hydrogen) atoms. The summed E-state index contributed by atoms with van der Waals surface area (Å²) in [6.07, 6.45) is 1.81. The normalized spacial score (nSPS) is 15.0. The molecule has 6 nitrogen and oxygen atoms in total. The highest BCUT2D eigenvalue weighted by Gasteiger charge is 2.33. The number of fused-ring (bicyclic) bond motifs is 1. The lowest BCUT2D eigenvalue weighted by Crippen LogP contribution is -2.39. The Morgan fingerprint density at radius 1 is 1.10 bits per heavy atom. The van der Waals surface area contributed by atoms with Crippen LogP contribution in [0, 0.1) is 6.92 Å². The number of allylic oxidation sites excluding steroid dienone is 1. The van der Waals surface area contributed by atoms with Crippen molar-refractivity contribution in [1.82, 2.24) is 4.57 Å². The molecule has 10 heteroatoms. The summed E-state index contributed by atoms with van der Waals surface area (Å²) < 4.78 is 14.9. The fourth-order valence-electron chi connectivity index (χ4n) is 4.57. The molecular formula is C31H25Br2ClN2O4S. The number of rotatable bonds is 7. The van der Waals surface area contributed by atoms with Crippen molar-refractivity contribution in [3.63, 3.8) is 0 Å². The predicted octanol–water partition coefficient (Wildman–Crippen LogP) is 6.86. The van der Waals surface area contributed by atoms with Crippen molar-refractivity contribution in [2.45, 2.75) is 33.4 Å². The van der Waals surface area contributed by atoms with Crippen molar-refractivity contribution in [3.05, 3.63) is 128 Å². The van der Waals surface area contributed by atoms with E-state index in [4.69, 9.17) is 21.1 Å². The maximum atomic E-state index is 13.9. The van der Waals surface area contributed by atoms with E-state index in [0.29, 0.717) is 38.0 Å². The van der Waals surface area contributed by atoms with E-state index in [9.17, 15) is 9.59 Å². The molecule has 0 bridgehead atoms. The summed E-state index contributed by atoms with van der Waals surface area (Å²) in [6.45, 7) is 6.05. The van der Waals surface area contributed by atoms with Gasteiger partial charge in [-0.25, -0.2) is 9.79 Å². The predicted molar refractivity (Wildman–Crippen MR) is 169 cm³/mol. The fourth-order valence-corrected chi connectivity index (χ4v) is 7.26. The molecule has 210 valence electrons. The second kappa shape index (κ2) is 12.5. The number of ether oxygens (including phenoxy) is 2. The molecule has 0 spiro atoms. The van der Waals surface area contributed by atoms with Gasteiger partial charge in [-0.05, 0) is 88.0 Å². The van der Waals surface area contributed by atoms with Crippen LogP contribution < -0.4 is 19.6 Å². The number of aryl methyl sites for hydroxylation is 1. The molecule has 0 aliphatic carbocycles.